The molecule has 1 unspecified atom stereocenters. The summed E-state index contributed by atoms with van der Waals surface area (Å²) < 4.78 is 27.6. The largest absolute Gasteiger partial charge is 0.365 e. The molecule has 5 heteroatoms. The summed E-state index contributed by atoms with van der Waals surface area (Å²) in [7, 11) is 0. The molecule has 2 heterocycles. The van der Waals surface area contributed by atoms with Crippen LogP contribution in [0.25, 0.3) is 0 Å². The molecule has 2 aliphatic heterocycles. The molecule has 23 heavy (non-hydrogen) atoms. The van der Waals surface area contributed by atoms with E-state index < -0.39 is 17.8 Å². The van der Waals surface area contributed by atoms with Crippen molar-refractivity contribution in [2.45, 2.75) is 19.5 Å². The van der Waals surface area contributed by atoms with Gasteiger partial charge in [0.15, 0.2) is 11.6 Å². The smallest absolute Gasteiger partial charge is 0.165 e. The van der Waals surface area contributed by atoms with Gasteiger partial charge in [-0.2, -0.15) is 0 Å². The lowest BCUT2D eigenvalue weighted by molar-refractivity contribution is 0.340. The van der Waals surface area contributed by atoms with E-state index in [0.29, 0.717) is 0 Å². The minimum absolute atomic E-state index is 0.248. The highest BCUT2D eigenvalue weighted by molar-refractivity contribution is 5.85. The van der Waals surface area contributed by atoms with Gasteiger partial charge in [-0.1, -0.05) is 31.2 Å². The Morgan fingerprint density at radius 3 is 2.96 bits per heavy atom. The van der Waals surface area contributed by atoms with Crippen molar-refractivity contribution in [2.75, 3.05) is 0 Å². The summed E-state index contributed by atoms with van der Waals surface area (Å²) in [6, 6.07) is 4.17. The van der Waals surface area contributed by atoms with Crippen molar-refractivity contribution in [3.8, 4) is 0 Å². The fourth-order valence-corrected chi connectivity index (χ4v) is 2.83. The van der Waals surface area contributed by atoms with Crippen LogP contribution in [0.1, 0.15) is 25.1 Å². The van der Waals surface area contributed by atoms with Crippen LogP contribution in [0.5, 0.6) is 0 Å². The maximum absolute atomic E-state index is 14.1. The molecule has 2 aliphatic rings. The Hall–Kier alpha value is -2.69. The topological polar surface area (TPSA) is 39.1 Å². The van der Waals surface area contributed by atoms with Gasteiger partial charge in [-0.3, -0.25) is 0 Å². The van der Waals surface area contributed by atoms with E-state index in [9.17, 15) is 8.78 Å². The number of benzene rings is 1. The SMILES string of the molecule is CC/C=C(\C=N)C1=CC=CN2C1=CNC2c1cccc(F)c1F. The van der Waals surface area contributed by atoms with Crippen LogP contribution in [0, 0.1) is 17.0 Å². The summed E-state index contributed by atoms with van der Waals surface area (Å²) in [5.74, 6) is -1.71. The summed E-state index contributed by atoms with van der Waals surface area (Å²) in [4.78, 5) is 1.85. The first-order valence-electron chi connectivity index (χ1n) is 7.45. The van der Waals surface area contributed by atoms with Crippen molar-refractivity contribution < 1.29 is 8.78 Å². The number of nitrogens with one attached hydrogen (secondary N) is 2. The van der Waals surface area contributed by atoms with E-state index in [1.54, 1.807) is 12.3 Å². The third-order valence-corrected chi connectivity index (χ3v) is 3.89. The molecule has 1 aromatic carbocycles. The molecule has 3 rings (SSSR count). The maximum atomic E-state index is 14.1. The molecule has 0 amide bonds. The molecule has 0 saturated carbocycles. The lowest BCUT2D eigenvalue weighted by atomic mass is 9.99. The van der Waals surface area contributed by atoms with Crippen LogP contribution >= 0.6 is 0 Å². The predicted molar refractivity (Wildman–Crippen MR) is 86.5 cm³/mol. The van der Waals surface area contributed by atoms with Crippen LogP contribution in [0.2, 0.25) is 0 Å². The zero-order valence-electron chi connectivity index (χ0n) is 12.7. The van der Waals surface area contributed by atoms with Crippen LogP contribution in [0.15, 0.2) is 65.7 Å². The number of hydrogen-bond acceptors (Lipinski definition) is 3. The number of allylic oxidation sites excluding steroid dienone is 4. The van der Waals surface area contributed by atoms with Crippen molar-refractivity contribution in [3.63, 3.8) is 0 Å². The summed E-state index contributed by atoms with van der Waals surface area (Å²) in [5.41, 5.74) is 2.77. The van der Waals surface area contributed by atoms with Gasteiger partial charge in [0.2, 0.25) is 0 Å². The monoisotopic (exact) mass is 313 g/mol. The Kier molecular flexibility index (Phi) is 4.10. The standard InChI is InChI=1S/C18H17F2N3/c1-2-5-12(10-21)13-7-4-9-23-16(13)11-22-18(23)14-6-3-8-15(19)17(14)20/h3-11,18,21-22H,2H2,1H3/b12-5+,21-10?. The highest BCUT2D eigenvalue weighted by atomic mass is 19.2. The summed E-state index contributed by atoms with van der Waals surface area (Å²) >= 11 is 0. The molecule has 2 N–H and O–H groups in total. The second-order valence-corrected chi connectivity index (χ2v) is 5.28. The normalized spacial score (nSPS) is 19.9. The highest BCUT2D eigenvalue weighted by Crippen LogP contribution is 2.37. The Labute approximate surface area is 133 Å². The second-order valence-electron chi connectivity index (χ2n) is 5.28. The van der Waals surface area contributed by atoms with Crippen LogP contribution in [0.3, 0.4) is 0 Å². The Morgan fingerprint density at radius 1 is 1.39 bits per heavy atom. The Balaban J connectivity index is 1.96. The molecule has 3 nitrogen and oxygen atoms in total. The molecule has 0 spiro atoms. The molecule has 0 fully saturated rings. The number of halogens is 2. The fourth-order valence-electron chi connectivity index (χ4n) is 2.83. The van der Waals surface area contributed by atoms with Gasteiger partial charge in [0.25, 0.3) is 0 Å². The number of hydrogen-bond donors (Lipinski definition) is 2. The van der Waals surface area contributed by atoms with Crippen molar-refractivity contribution in [1.82, 2.24) is 10.2 Å². The third kappa shape index (κ3) is 2.59. The quantitative estimate of drug-likeness (QED) is 0.820. The average Bonchev–Trinajstić information content (AvgIpc) is 2.99. The average molecular weight is 313 g/mol. The number of rotatable bonds is 4. The molecular formula is C18H17F2N3. The van der Waals surface area contributed by atoms with Crippen LogP contribution in [0.4, 0.5) is 8.78 Å². The van der Waals surface area contributed by atoms with Gasteiger partial charge in [-0.15, -0.1) is 0 Å². The van der Waals surface area contributed by atoms with Gasteiger partial charge in [-0.25, -0.2) is 8.78 Å². The molecule has 1 atom stereocenters. The minimum Gasteiger partial charge on any atom is -0.365 e. The molecule has 118 valence electrons. The fraction of sp³-hybridized carbons (Fsp3) is 0.167. The van der Waals surface area contributed by atoms with E-state index in [0.717, 1.165) is 29.3 Å². The predicted octanol–water partition coefficient (Wildman–Crippen LogP) is 4.15. The van der Waals surface area contributed by atoms with Crippen LogP contribution in [-0.2, 0) is 0 Å². The van der Waals surface area contributed by atoms with Gasteiger partial charge in [-0.05, 0) is 24.1 Å². The number of fused-ring (bicyclic) bond motifs is 1. The first-order valence-corrected chi connectivity index (χ1v) is 7.45. The van der Waals surface area contributed by atoms with Gasteiger partial charge in [0.1, 0.15) is 6.17 Å². The molecular weight excluding hydrogens is 296 g/mol. The van der Waals surface area contributed by atoms with E-state index in [1.807, 2.05) is 36.3 Å². The lowest BCUT2D eigenvalue weighted by Crippen LogP contribution is -2.27. The van der Waals surface area contributed by atoms with Gasteiger partial charge in [0, 0.05) is 29.8 Å². The number of nitrogens with zero attached hydrogens (tertiary/aromatic N) is 1. The molecule has 0 radical (unpaired) electrons. The van der Waals surface area contributed by atoms with Crippen LogP contribution < -0.4 is 5.32 Å². The van der Waals surface area contributed by atoms with E-state index in [1.165, 1.54) is 12.3 Å². The van der Waals surface area contributed by atoms with E-state index in [2.05, 4.69) is 5.32 Å². The minimum atomic E-state index is -0.861. The molecule has 0 aliphatic carbocycles. The second kappa shape index (κ2) is 6.20. The Bertz CT molecular complexity index is 760. The van der Waals surface area contributed by atoms with Crippen molar-refractivity contribution in [3.05, 3.63) is 82.9 Å². The van der Waals surface area contributed by atoms with Gasteiger partial charge >= 0.3 is 0 Å². The van der Waals surface area contributed by atoms with E-state index in [-0.39, 0.29) is 5.56 Å². The van der Waals surface area contributed by atoms with Crippen molar-refractivity contribution >= 4 is 6.21 Å². The van der Waals surface area contributed by atoms with E-state index in [4.69, 9.17) is 5.41 Å². The lowest BCUT2D eigenvalue weighted by Gasteiger charge is -2.29. The molecule has 1 aromatic rings. The maximum Gasteiger partial charge on any atom is 0.165 e. The van der Waals surface area contributed by atoms with E-state index >= 15 is 0 Å². The summed E-state index contributed by atoms with van der Waals surface area (Å²) in [6.07, 6.45) is 10.9. The Morgan fingerprint density at radius 2 is 2.22 bits per heavy atom. The molecule has 0 bridgehead atoms. The van der Waals surface area contributed by atoms with Gasteiger partial charge in [0.05, 0.1) is 5.70 Å². The van der Waals surface area contributed by atoms with Gasteiger partial charge < -0.3 is 15.6 Å². The zero-order valence-corrected chi connectivity index (χ0v) is 12.7. The third-order valence-electron chi connectivity index (χ3n) is 3.89. The first kappa shape index (κ1) is 15.2. The first-order chi connectivity index (χ1) is 11.2. The highest BCUT2D eigenvalue weighted by Gasteiger charge is 2.31. The van der Waals surface area contributed by atoms with Crippen molar-refractivity contribution in [2.24, 2.45) is 0 Å². The molecule has 0 saturated heterocycles. The molecule has 0 aromatic heterocycles. The summed E-state index contributed by atoms with van der Waals surface area (Å²) in [5, 5.41) is 10.7. The van der Waals surface area contributed by atoms with Crippen molar-refractivity contribution in [1.29, 1.82) is 5.41 Å². The zero-order chi connectivity index (χ0) is 16.4. The van der Waals surface area contributed by atoms with Crippen LogP contribution in [-0.4, -0.2) is 11.1 Å². The summed E-state index contributed by atoms with van der Waals surface area (Å²) in [6.45, 7) is 2.01.